The van der Waals surface area contributed by atoms with E-state index in [9.17, 15) is 5.11 Å². The molecule has 0 bridgehead atoms. The molecule has 0 aromatic carbocycles. The van der Waals surface area contributed by atoms with Crippen molar-refractivity contribution in [1.29, 1.82) is 0 Å². The fraction of sp³-hybridized carbons (Fsp3) is 0.375. The molecule has 1 aliphatic rings. The summed E-state index contributed by atoms with van der Waals surface area (Å²) in [6, 6.07) is -1.14. The van der Waals surface area contributed by atoms with Gasteiger partial charge in [0.2, 0.25) is 0 Å². The van der Waals surface area contributed by atoms with Gasteiger partial charge in [-0.1, -0.05) is 0 Å². The lowest BCUT2D eigenvalue weighted by atomic mass is 10.1. The molecule has 0 spiro atoms. The zero-order valence-corrected chi connectivity index (χ0v) is 7.31. The summed E-state index contributed by atoms with van der Waals surface area (Å²) in [7, 11) is 0. The Labute approximate surface area is 90.4 Å². The Morgan fingerprint density at radius 2 is 2.67 bits per heavy atom. The predicted octanol–water partition coefficient (Wildman–Crippen LogP) is 1.02. The Kier molecular flexibility index (Phi) is 0.747. The Hall–Kier alpha value is -0.610. The lowest BCUT2D eigenvalue weighted by Crippen LogP contribution is -2.50. The molecule has 0 radical (unpaired) electrons. The molecule has 12 heavy (non-hydrogen) atoms. The minimum absolute atomic E-state index is 0.152. The van der Waals surface area contributed by atoms with Crippen molar-refractivity contribution < 1.29 is 16.1 Å². The summed E-state index contributed by atoms with van der Waals surface area (Å²) in [5.74, 6) is 0. The zero-order valence-electron chi connectivity index (χ0n) is 13.7. The number of β-amino-alcohol motifs (C(OH)–C–C–N with tert-alkyl or cyclic N) is 1. The molecule has 1 aromatic heterocycles. The number of anilines is 1. The first-order valence-electron chi connectivity index (χ1n) is 7.03. The first-order chi connectivity index (χ1) is 8.87. The summed E-state index contributed by atoms with van der Waals surface area (Å²) in [5, 5.41) is 9.60. The van der Waals surface area contributed by atoms with Gasteiger partial charge in [0.1, 0.15) is 4.60 Å². The average Bonchev–Trinajstić information content (AvgIpc) is 2.30. The van der Waals surface area contributed by atoms with Gasteiger partial charge in [0, 0.05) is 24.9 Å². The molecule has 1 saturated heterocycles. The molecule has 1 aliphatic heterocycles. The summed E-state index contributed by atoms with van der Waals surface area (Å²) >= 11 is 2.87. The maximum atomic E-state index is 9.60. The fourth-order valence-electron chi connectivity index (χ4n) is 0.722. The van der Waals surface area contributed by atoms with Crippen LogP contribution in [0.2, 0.25) is 0 Å². The Bertz CT molecular complexity index is 548. The van der Waals surface area contributed by atoms with E-state index in [-0.39, 0.29) is 4.60 Å². The smallest absolute Gasteiger partial charge is 0.108 e. The average molecular weight is 237 g/mol. The van der Waals surface area contributed by atoms with Crippen molar-refractivity contribution in [2.75, 3.05) is 17.9 Å². The van der Waals surface area contributed by atoms with Crippen molar-refractivity contribution in [3.8, 4) is 0 Å². The number of hydrogen-bond acceptors (Lipinski definition) is 3. The highest BCUT2D eigenvalue weighted by molar-refractivity contribution is 9.10. The largest absolute Gasteiger partial charge is 0.389 e. The molecule has 0 unspecified atom stereocenters. The van der Waals surface area contributed by atoms with Gasteiger partial charge in [-0.2, -0.15) is 0 Å². The van der Waals surface area contributed by atoms with Gasteiger partial charge in [-0.15, -0.1) is 0 Å². The minimum atomic E-state index is -3.06. The van der Waals surface area contributed by atoms with Crippen LogP contribution in [0.15, 0.2) is 22.9 Å². The van der Waals surface area contributed by atoms with E-state index in [1.165, 1.54) is 0 Å². The number of halogens is 1. The van der Waals surface area contributed by atoms with Crippen LogP contribution in [0.25, 0.3) is 0 Å². The van der Waals surface area contributed by atoms with E-state index >= 15 is 0 Å². The molecule has 0 atom stereocenters. The van der Waals surface area contributed by atoms with Crippen LogP contribution < -0.4 is 4.90 Å². The van der Waals surface area contributed by atoms with Crippen molar-refractivity contribution in [2.45, 2.75) is 6.08 Å². The van der Waals surface area contributed by atoms with Gasteiger partial charge >= 0.3 is 0 Å². The highest BCUT2D eigenvalue weighted by Gasteiger charge is 2.24. The molecular formula is C8H9BrN2O. The predicted molar refractivity (Wildman–Crippen MR) is 50.2 cm³/mol. The standard InChI is InChI=1S/C8H9BrN2O/c9-8-3-6(1-2-10-8)11-4-7(12)5-11/h1-3,7,12H,4-5H2/i1D,2D,3D,4D2,5D2,7D. The topological polar surface area (TPSA) is 36.4 Å². The lowest BCUT2D eigenvalue weighted by Gasteiger charge is -2.37. The van der Waals surface area contributed by atoms with Crippen LogP contribution in [-0.2, 0) is 0 Å². The Morgan fingerprint density at radius 3 is 3.42 bits per heavy atom. The van der Waals surface area contributed by atoms with Gasteiger partial charge in [-0.3, -0.25) is 0 Å². The van der Waals surface area contributed by atoms with E-state index in [1.807, 2.05) is 0 Å². The van der Waals surface area contributed by atoms with Gasteiger partial charge in [0.15, 0.2) is 0 Å². The molecule has 0 aliphatic carbocycles. The van der Waals surface area contributed by atoms with Crippen LogP contribution in [0.3, 0.4) is 0 Å². The van der Waals surface area contributed by atoms with Crippen LogP contribution >= 0.6 is 15.9 Å². The highest BCUT2D eigenvalue weighted by Crippen LogP contribution is 2.22. The maximum absolute atomic E-state index is 9.60. The summed E-state index contributed by atoms with van der Waals surface area (Å²) in [5.41, 5.74) is -0.538. The van der Waals surface area contributed by atoms with Crippen molar-refractivity contribution in [1.82, 2.24) is 4.98 Å². The van der Waals surface area contributed by atoms with E-state index in [1.54, 1.807) is 0 Å². The monoisotopic (exact) mass is 236 g/mol. The lowest BCUT2D eigenvalue weighted by molar-refractivity contribution is 0.142. The highest BCUT2D eigenvalue weighted by atomic mass is 79.9. The number of nitrogens with zero attached hydrogens (tertiary/aromatic N) is 2. The summed E-state index contributed by atoms with van der Waals surface area (Å²) in [6.07, 6.45) is -3.63. The zero-order chi connectivity index (χ0) is 15.7. The third-order valence-electron chi connectivity index (χ3n) is 1.21. The van der Waals surface area contributed by atoms with Gasteiger partial charge in [0.05, 0.1) is 17.0 Å². The van der Waals surface area contributed by atoms with Crippen LogP contribution in [0, 0.1) is 0 Å². The molecule has 2 rings (SSSR count). The maximum Gasteiger partial charge on any atom is 0.108 e. The van der Waals surface area contributed by atoms with Crippen molar-refractivity contribution in [2.24, 2.45) is 0 Å². The van der Waals surface area contributed by atoms with Crippen molar-refractivity contribution in [3.63, 3.8) is 0 Å². The summed E-state index contributed by atoms with van der Waals surface area (Å²) in [6.45, 7) is -5.70. The van der Waals surface area contributed by atoms with Crippen molar-refractivity contribution in [3.05, 3.63) is 22.9 Å². The van der Waals surface area contributed by atoms with Crippen molar-refractivity contribution >= 4 is 21.6 Å². The third kappa shape index (κ3) is 1.44. The second-order valence-corrected chi connectivity index (χ2v) is 2.77. The van der Waals surface area contributed by atoms with E-state index in [2.05, 4.69) is 20.9 Å². The Morgan fingerprint density at radius 1 is 1.92 bits per heavy atom. The Balaban J connectivity index is 2.71. The summed E-state index contributed by atoms with van der Waals surface area (Å²) in [4.78, 5) is 3.85. The number of aromatic nitrogens is 1. The quantitative estimate of drug-likeness (QED) is 0.741. The second kappa shape index (κ2) is 3.03. The summed E-state index contributed by atoms with van der Waals surface area (Å²) < 4.78 is 60.5. The van der Waals surface area contributed by atoms with E-state index in [0.717, 1.165) is 0 Å². The van der Waals surface area contributed by atoms with Crippen LogP contribution in [0.4, 0.5) is 5.69 Å². The fourth-order valence-corrected chi connectivity index (χ4v) is 0.999. The molecule has 64 valence electrons. The van der Waals surface area contributed by atoms with E-state index < -0.39 is 43.0 Å². The molecule has 2 heterocycles. The molecular weight excluding hydrogens is 220 g/mol. The van der Waals surface area contributed by atoms with E-state index in [4.69, 9.17) is 11.0 Å². The van der Waals surface area contributed by atoms with Gasteiger partial charge in [0.25, 0.3) is 0 Å². The van der Waals surface area contributed by atoms with Crippen LogP contribution in [0.1, 0.15) is 11.0 Å². The van der Waals surface area contributed by atoms with Gasteiger partial charge in [-0.05, 0) is 28.0 Å². The van der Waals surface area contributed by atoms with Crippen LogP contribution in [-0.4, -0.2) is 29.2 Å². The first kappa shape index (κ1) is 2.96. The molecule has 0 amide bonds. The molecule has 1 N–H and O–H groups in total. The van der Waals surface area contributed by atoms with E-state index in [0.29, 0.717) is 4.90 Å². The number of rotatable bonds is 1. The SMILES string of the molecule is [2H]c1nc(Br)c([2H])c(N2C([2H])([2H])C([2H])(O)C2([2H])[2H])c1[2H]. The van der Waals surface area contributed by atoms with Gasteiger partial charge in [-0.25, -0.2) is 4.98 Å². The number of aliphatic hydroxyl groups is 1. The van der Waals surface area contributed by atoms with Gasteiger partial charge < -0.3 is 10.0 Å². The number of pyridine rings is 1. The normalized spacial score (nSPS) is 38.3. The minimum Gasteiger partial charge on any atom is -0.389 e. The second-order valence-electron chi connectivity index (χ2n) is 2.02. The first-order valence-corrected chi connectivity index (χ1v) is 3.82. The van der Waals surface area contributed by atoms with Crippen LogP contribution in [0.5, 0.6) is 0 Å². The molecule has 1 fully saturated rings. The molecule has 1 aromatic rings. The number of hydrogen-bond donors (Lipinski definition) is 1. The molecule has 0 saturated carbocycles. The molecule has 4 heteroatoms. The molecule has 3 nitrogen and oxygen atoms in total. The third-order valence-corrected chi connectivity index (χ3v) is 1.58.